The summed E-state index contributed by atoms with van der Waals surface area (Å²) in [5.74, 6) is -0.707. The number of aromatic nitrogens is 1. The molecule has 7 heteroatoms. The van der Waals surface area contributed by atoms with Crippen LogP contribution in [0.5, 0.6) is 0 Å². The van der Waals surface area contributed by atoms with Crippen LogP contribution in [0.3, 0.4) is 0 Å². The third-order valence-electron chi connectivity index (χ3n) is 4.50. The molecule has 2 aromatic rings. The van der Waals surface area contributed by atoms with E-state index in [0.29, 0.717) is 13.0 Å². The van der Waals surface area contributed by atoms with E-state index >= 15 is 0 Å². The van der Waals surface area contributed by atoms with Crippen LogP contribution in [0.15, 0.2) is 41.1 Å². The molecule has 25 heavy (non-hydrogen) atoms. The van der Waals surface area contributed by atoms with Gasteiger partial charge in [0, 0.05) is 19.5 Å². The van der Waals surface area contributed by atoms with Gasteiger partial charge in [0.15, 0.2) is 5.69 Å². The molecule has 0 bridgehead atoms. The van der Waals surface area contributed by atoms with E-state index in [1.807, 2.05) is 6.07 Å². The monoisotopic (exact) mass is 345 g/mol. The summed E-state index contributed by atoms with van der Waals surface area (Å²) in [6.07, 6.45) is 3.35. The van der Waals surface area contributed by atoms with Crippen molar-refractivity contribution in [2.45, 2.75) is 38.3 Å². The maximum Gasteiger partial charge on any atom is 0.273 e. The molecule has 1 aromatic heterocycles. The highest BCUT2D eigenvalue weighted by molar-refractivity contribution is 5.92. The van der Waals surface area contributed by atoms with Crippen molar-refractivity contribution < 1.29 is 18.5 Å². The van der Waals surface area contributed by atoms with Crippen molar-refractivity contribution in [2.24, 2.45) is 0 Å². The lowest BCUT2D eigenvalue weighted by Gasteiger charge is -2.41. The molecule has 1 N–H and O–H groups in total. The zero-order chi connectivity index (χ0) is 17.8. The lowest BCUT2D eigenvalue weighted by Crippen LogP contribution is -2.57. The van der Waals surface area contributed by atoms with E-state index in [9.17, 15) is 14.0 Å². The molecule has 0 spiro atoms. The standard InChI is InChI=1S/C18H20FN3O3/c1-12(23)22-8-3-6-15(20-18(24)16-7-9-25-21-16)17(22)11-13-4-2-5-14(19)10-13/h2,4-5,7,9-10,15,17H,3,6,8,11H2,1H3,(H,20,24)/t15-,17-/m0/s1. The first-order valence-corrected chi connectivity index (χ1v) is 8.27. The van der Waals surface area contributed by atoms with Gasteiger partial charge in [0.1, 0.15) is 12.1 Å². The number of rotatable bonds is 4. The van der Waals surface area contributed by atoms with Crippen LogP contribution in [0.4, 0.5) is 4.39 Å². The summed E-state index contributed by atoms with van der Waals surface area (Å²) in [5.41, 5.74) is 0.989. The van der Waals surface area contributed by atoms with Crippen molar-refractivity contribution in [2.75, 3.05) is 6.54 Å². The van der Waals surface area contributed by atoms with Crippen LogP contribution in [0.1, 0.15) is 35.8 Å². The fourth-order valence-electron chi connectivity index (χ4n) is 3.35. The molecule has 0 unspecified atom stereocenters. The SMILES string of the molecule is CC(=O)N1CCC[C@H](NC(=O)c2ccon2)[C@@H]1Cc1cccc(F)c1. The second-order valence-electron chi connectivity index (χ2n) is 6.22. The number of piperidine rings is 1. The van der Waals surface area contributed by atoms with E-state index in [1.54, 1.807) is 11.0 Å². The number of amides is 2. The zero-order valence-corrected chi connectivity index (χ0v) is 13.9. The van der Waals surface area contributed by atoms with Crippen molar-refractivity contribution in [1.29, 1.82) is 0 Å². The molecule has 1 aromatic carbocycles. The van der Waals surface area contributed by atoms with Gasteiger partial charge in [-0.25, -0.2) is 4.39 Å². The van der Waals surface area contributed by atoms with E-state index < -0.39 is 0 Å². The first kappa shape index (κ1) is 17.1. The Balaban J connectivity index is 1.80. The minimum absolute atomic E-state index is 0.0539. The molecule has 2 atom stereocenters. The Morgan fingerprint density at radius 3 is 2.92 bits per heavy atom. The van der Waals surface area contributed by atoms with Gasteiger partial charge in [-0.15, -0.1) is 0 Å². The molecule has 1 fully saturated rings. The number of hydrogen-bond donors (Lipinski definition) is 1. The van der Waals surface area contributed by atoms with E-state index in [0.717, 1.165) is 18.4 Å². The van der Waals surface area contributed by atoms with Gasteiger partial charge >= 0.3 is 0 Å². The van der Waals surface area contributed by atoms with Crippen LogP contribution >= 0.6 is 0 Å². The van der Waals surface area contributed by atoms with E-state index in [1.165, 1.54) is 31.4 Å². The van der Waals surface area contributed by atoms with Crippen LogP contribution in [-0.2, 0) is 11.2 Å². The number of nitrogens with zero attached hydrogens (tertiary/aromatic N) is 2. The van der Waals surface area contributed by atoms with Gasteiger partial charge in [0.05, 0.1) is 12.1 Å². The highest BCUT2D eigenvalue weighted by atomic mass is 19.1. The van der Waals surface area contributed by atoms with Gasteiger partial charge < -0.3 is 14.7 Å². The molecule has 132 valence electrons. The molecule has 6 nitrogen and oxygen atoms in total. The summed E-state index contributed by atoms with van der Waals surface area (Å²) >= 11 is 0. The molecule has 0 aliphatic carbocycles. The predicted octanol–water partition coefficient (Wildman–Crippen LogP) is 2.17. The molecule has 3 rings (SSSR count). The molecule has 1 aliphatic heterocycles. The minimum atomic E-state index is -0.339. The highest BCUT2D eigenvalue weighted by Gasteiger charge is 2.34. The predicted molar refractivity (Wildman–Crippen MR) is 88.3 cm³/mol. The van der Waals surface area contributed by atoms with Crippen LogP contribution in [0.2, 0.25) is 0 Å². The number of halogens is 1. The van der Waals surface area contributed by atoms with E-state index in [4.69, 9.17) is 4.52 Å². The van der Waals surface area contributed by atoms with E-state index in [2.05, 4.69) is 10.5 Å². The van der Waals surface area contributed by atoms with Crippen LogP contribution in [-0.4, -0.2) is 40.5 Å². The topological polar surface area (TPSA) is 75.4 Å². The number of carbonyl (C=O) groups excluding carboxylic acids is 2. The lowest BCUT2D eigenvalue weighted by atomic mass is 9.90. The lowest BCUT2D eigenvalue weighted by molar-refractivity contribution is -0.133. The fraction of sp³-hybridized carbons (Fsp3) is 0.389. The van der Waals surface area contributed by atoms with Gasteiger partial charge in [-0.2, -0.15) is 0 Å². The summed E-state index contributed by atoms with van der Waals surface area (Å²) in [6, 6.07) is 7.35. The van der Waals surface area contributed by atoms with E-state index in [-0.39, 0.29) is 35.4 Å². The number of carbonyl (C=O) groups is 2. The van der Waals surface area contributed by atoms with Crippen LogP contribution < -0.4 is 5.32 Å². The Morgan fingerprint density at radius 2 is 2.24 bits per heavy atom. The van der Waals surface area contributed by atoms with Crippen molar-refractivity contribution in [3.63, 3.8) is 0 Å². The molecule has 2 heterocycles. The summed E-state index contributed by atoms with van der Waals surface area (Å²) in [5, 5.41) is 6.58. The summed E-state index contributed by atoms with van der Waals surface area (Å²) in [4.78, 5) is 26.1. The van der Waals surface area contributed by atoms with Crippen LogP contribution in [0.25, 0.3) is 0 Å². The molecular weight excluding hydrogens is 325 g/mol. The average molecular weight is 345 g/mol. The fourth-order valence-corrected chi connectivity index (χ4v) is 3.35. The molecule has 0 radical (unpaired) electrons. The second kappa shape index (κ2) is 7.46. The van der Waals surface area contributed by atoms with Gasteiger partial charge in [0.2, 0.25) is 5.91 Å². The first-order chi connectivity index (χ1) is 12.0. The largest absolute Gasteiger partial charge is 0.364 e. The third kappa shape index (κ3) is 4.04. The highest BCUT2D eigenvalue weighted by Crippen LogP contribution is 2.22. The van der Waals surface area contributed by atoms with Crippen LogP contribution in [0, 0.1) is 5.82 Å². The Morgan fingerprint density at radius 1 is 1.40 bits per heavy atom. The smallest absolute Gasteiger partial charge is 0.273 e. The van der Waals surface area contributed by atoms with Crippen molar-refractivity contribution in [1.82, 2.24) is 15.4 Å². The third-order valence-corrected chi connectivity index (χ3v) is 4.50. The van der Waals surface area contributed by atoms with Crippen molar-refractivity contribution >= 4 is 11.8 Å². The van der Waals surface area contributed by atoms with Gasteiger partial charge in [0.25, 0.3) is 5.91 Å². The Bertz CT molecular complexity index is 748. The Hall–Kier alpha value is -2.70. The Labute approximate surface area is 145 Å². The van der Waals surface area contributed by atoms with Gasteiger partial charge in [-0.1, -0.05) is 17.3 Å². The number of hydrogen-bond acceptors (Lipinski definition) is 4. The van der Waals surface area contributed by atoms with Crippen molar-refractivity contribution in [3.8, 4) is 0 Å². The van der Waals surface area contributed by atoms with Gasteiger partial charge in [-0.3, -0.25) is 9.59 Å². The maximum absolute atomic E-state index is 13.5. The molecular formula is C18H20FN3O3. The van der Waals surface area contributed by atoms with Crippen molar-refractivity contribution in [3.05, 3.63) is 53.7 Å². The summed E-state index contributed by atoms with van der Waals surface area (Å²) in [6.45, 7) is 2.14. The van der Waals surface area contributed by atoms with Gasteiger partial charge in [-0.05, 0) is 37.0 Å². The summed E-state index contributed by atoms with van der Waals surface area (Å²) < 4.78 is 18.2. The maximum atomic E-state index is 13.5. The summed E-state index contributed by atoms with van der Waals surface area (Å²) in [7, 11) is 0. The number of nitrogens with one attached hydrogen (secondary N) is 1. The molecule has 2 amide bonds. The average Bonchev–Trinajstić information content (AvgIpc) is 3.11. The molecule has 0 saturated carbocycles. The second-order valence-corrected chi connectivity index (χ2v) is 6.22. The molecule has 1 aliphatic rings. The molecule has 1 saturated heterocycles. The first-order valence-electron chi connectivity index (χ1n) is 8.27. The quantitative estimate of drug-likeness (QED) is 0.921. The number of likely N-dealkylation sites (tertiary alicyclic amines) is 1. The number of benzene rings is 1. The normalized spacial score (nSPS) is 20.3. The zero-order valence-electron chi connectivity index (χ0n) is 13.9. The Kier molecular flexibility index (Phi) is 5.11. The minimum Gasteiger partial charge on any atom is -0.364 e.